The Kier molecular flexibility index (Phi) is 5.22. The second kappa shape index (κ2) is 7.44. The van der Waals surface area contributed by atoms with Crippen LogP contribution in [0, 0.1) is 28.6 Å². The third kappa shape index (κ3) is 3.79. The highest BCUT2D eigenvalue weighted by Crippen LogP contribution is 2.65. The van der Waals surface area contributed by atoms with Crippen molar-refractivity contribution in [3.05, 3.63) is 35.9 Å². The standard InChI is InChI=1S/C24H31F3N2O3S/c1-22-10-8-16(32-33(3,30)31)12-15(22)4-5-17-18-6-7-21(23(18,2)11-9-19(17)22)29-13-20(28-14-29)24(25,26)27/h4,7,13-14,16-19H,5-6,8-12H2,1-3H3/t16-,17?,18?,19?,22-,23-/m0/s1. The van der Waals surface area contributed by atoms with Gasteiger partial charge in [0.2, 0.25) is 0 Å². The van der Waals surface area contributed by atoms with Crippen molar-refractivity contribution in [2.75, 3.05) is 6.26 Å². The molecular formula is C24H31F3N2O3S. The monoisotopic (exact) mass is 484 g/mol. The summed E-state index contributed by atoms with van der Waals surface area (Å²) in [5, 5.41) is 0. The molecule has 3 unspecified atom stereocenters. The van der Waals surface area contributed by atoms with Gasteiger partial charge in [-0.2, -0.15) is 21.6 Å². The van der Waals surface area contributed by atoms with Gasteiger partial charge in [-0.05, 0) is 68.1 Å². The molecule has 0 aromatic carbocycles. The molecule has 0 bridgehead atoms. The molecule has 4 aliphatic rings. The van der Waals surface area contributed by atoms with Crippen molar-refractivity contribution in [2.24, 2.45) is 28.6 Å². The van der Waals surface area contributed by atoms with Crippen LogP contribution in [-0.2, 0) is 20.5 Å². The number of fused-ring (bicyclic) bond motifs is 5. The summed E-state index contributed by atoms with van der Waals surface area (Å²) in [5.74, 6) is 1.34. The molecule has 2 fully saturated rings. The Morgan fingerprint density at radius 3 is 2.48 bits per heavy atom. The van der Waals surface area contributed by atoms with Crippen molar-refractivity contribution >= 4 is 15.8 Å². The van der Waals surface area contributed by atoms with Crippen molar-refractivity contribution in [3.8, 4) is 0 Å². The topological polar surface area (TPSA) is 61.2 Å². The van der Waals surface area contributed by atoms with Gasteiger partial charge in [0, 0.05) is 17.3 Å². The van der Waals surface area contributed by atoms with Crippen LogP contribution in [-0.4, -0.2) is 30.3 Å². The Morgan fingerprint density at radius 2 is 1.82 bits per heavy atom. The number of rotatable bonds is 3. The van der Waals surface area contributed by atoms with E-state index in [9.17, 15) is 21.6 Å². The van der Waals surface area contributed by atoms with Crippen molar-refractivity contribution in [1.29, 1.82) is 0 Å². The van der Waals surface area contributed by atoms with E-state index in [2.05, 4.69) is 31.0 Å². The summed E-state index contributed by atoms with van der Waals surface area (Å²) in [6.45, 7) is 4.53. The highest BCUT2D eigenvalue weighted by atomic mass is 32.2. The number of allylic oxidation sites excluding steroid dienone is 3. The zero-order chi connectivity index (χ0) is 23.8. The van der Waals surface area contributed by atoms with E-state index in [1.54, 1.807) is 4.57 Å². The van der Waals surface area contributed by atoms with Gasteiger partial charge in [0.25, 0.3) is 10.1 Å². The Bertz CT molecular complexity index is 1120. The summed E-state index contributed by atoms with van der Waals surface area (Å²) >= 11 is 0. The largest absolute Gasteiger partial charge is 0.434 e. The molecule has 5 nitrogen and oxygen atoms in total. The number of hydrogen-bond donors (Lipinski definition) is 0. The van der Waals surface area contributed by atoms with E-state index in [1.807, 2.05) is 0 Å². The molecule has 4 aliphatic carbocycles. The number of imidazole rings is 1. The minimum Gasteiger partial charge on any atom is -0.309 e. The zero-order valence-electron chi connectivity index (χ0n) is 19.2. The van der Waals surface area contributed by atoms with Crippen LogP contribution in [0.15, 0.2) is 30.2 Å². The van der Waals surface area contributed by atoms with Crippen LogP contribution in [0.1, 0.15) is 64.5 Å². The Labute approximate surface area is 193 Å². The lowest BCUT2D eigenvalue weighted by Crippen LogP contribution is -2.50. The Balaban J connectivity index is 1.39. The molecular weight excluding hydrogens is 453 g/mol. The molecule has 9 heteroatoms. The van der Waals surface area contributed by atoms with E-state index in [-0.39, 0.29) is 16.9 Å². The highest BCUT2D eigenvalue weighted by Gasteiger charge is 2.57. The van der Waals surface area contributed by atoms with Crippen LogP contribution < -0.4 is 0 Å². The van der Waals surface area contributed by atoms with Gasteiger partial charge in [0.05, 0.1) is 18.7 Å². The first-order chi connectivity index (χ1) is 15.3. The number of halogens is 3. The first kappa shape index (κ1) is 23.1. The molecule has 0 saturated heterocycles. The summed E-state index contributed by atoms with van der Waals surface area (Å²) in [5.41, 5.74) is 1.27. The van der Waals surface area contributed by atoms with E-state index >= 15 is 0 Å². The van der Waals surface area contributed by atoms with E-state index < -0.39 is 22.0 Å². The molecule has 0 amide bonds. The second-order valence-electron chi connectivity index (χ2n) is 10.9. The minimum absolute atomic E-state index is 0.0306. The van der Waals surface area contributed by atoms with Crippen molar-refractivity contribution in [2.45, 2.75) is 71.1 Å². The maximum atomic E-state index is 13.1. The lowest BCUT2D eigenvalue weighted by atomic mass is 9.48. The van der Waals surface area contributed by atoms with Crippen LogP contribution in [0.2, 0.25) is 0 Å². The lowest BCUT2D eigenvalue weighted by Gasteiger charge is -2.57. The van der Waals surface area contributed by atoms with Crippen LogP contribution >= 0.6 is 0 Å². The molecule has 0 spiro atoms. The summed E-state index contributed by atoms with van der Waals surface area (Å²) < 4.78 is 69.5. The Hall–Kier alpha value is -1.61. The van der Waals surface area contributed by atoms with Crippen LogP contribution in [0.5, 0.6) is 0 Å². The summed E-state index contributed by atoms with van der Waals surface area (Å²) in [4.78, 5) is 3.61. The number of alkyl halides is 3. The molecule has 1 aromatic heterocycles. The predicted octanol–water partition coefficient (Wildman–Crippen LogP) is 5.66. The third-order valence-electron chi connectivity index (χ3n) is 9.06. The summed E-state index contributed by atoms with van der Waals surface area (Å²) in [7, 11) is -3.48. The van der Waals surface area contributed by atoms with Crippen LogP contribution in [0.4, 0.5) is 13.2 Å². The molecule has 1 heterocycles. The van der Waals surface area contributed by atoms with Gasteiger partial charge in [-0.15, -0.1) is 0 Å². The van der Waals surface area contributed by atoms with Gasteiger partial charge in [0.1, 0.15) is 0 Å². The maximum Gasteiger partial charge on any atom is 0.434 e. The van der Waals surface area contributed by atoms with Gasteiger partial charge in [-0.3, -0.25) is 4.18 Å². The fourth-order valence-electron chi connectivity index (χ4n) is 7.50. The summed E-state index contributed by atoms with van der Waals surface area (Å²) in [6, 6.07) is 0. The molecule has 182 valence electrons. The molecule has 33 heavy (non-hydrogen) atoms. The molecule has 1 aromatic rings. The normalized spacial score (nSPS) is 38.7. The van der Waals surface area contributed by atoms with Gasteiger partial charge < -0.3 is 4.57 Å². The molecule has 0 N–H and O–H groups in total. The van der Waals surface area contributed by atoms with Gasteiger partial charge in [0.15, 0.2) is 5.69 Å². The van der Waals surface area contributed by atoms with E-state index in [0.29, 0.717) is 24.2 Å². The first-order valence-electron chi connectivity index (χ1n) is 11.7. The molecule has 5 rings (SSSR count). The van der Waals surface area contributed by atoms with Crippen molar-refractivity contribution in [3.63, 3.8) is 0 Å². The molecule has 6 atom stereocenters. The van der Waals surface area contributed by atoms with Gasteiger partial charge in [-0.25, -0.2) is 4.98 Å². The molecule has 0 radical (unpaired) electrons. The van der Waals surface area contributed by atoms with Crippen molar-refractivity contribution < 1.29 is 25.8 Å². The fraction of sp³-hybridized carbons (Fsp3) is 0.708. The van der Waals surface area contributed by atoms with Crippen molar-refractivity contribution in [1.82, 2.24) is 9.55 Å². The van der Waals surface area contributed by atoms with E-state index in [4.69, 9.17) is 4.18 Å². The SMILES string of the molecule is C[C@]12CC[C@H](OS(C)(=O)=O)CC1=CCC1C2CC[C@]2(C)C(n3cnc(C(F)(F)F)c3)=CCC12. The zero-order valence-corrected chi connectivity index (χ0v) is 20.0. The quantitative estimate of drug-likeness (QED) is 0.410. The number of hydrogen-bond acceptors (Lipinski definition) is 4. The number of nitrogens with zero attached hydrogens (tertiary/aromatic N) is 2. The van der Waals surface area contributed by atoms with E-state index in [1.165, 1.54) is 11.9 Å². The van der Waals surface area contributed by atoms with E-state index in [0.717, 1.165) is 56.7 Å². The van der Waals surface area contributed by atoms with Crippen LogP contribution in [0.3, 0.4) is 0 Å². The fourth-order valence-corrected chi connectivity index (χ4v) is 8.16. The average Bonchev–Trinajstić information content (AvgIpc) is 3.31. The smallest absolute Gasteiger partial charge is 0.309 e. The lowest BCUT2D eigenvalue weighted by molar-refractivity contribution is -0.140. The van der Waals surface area contributed by atoms with Crippen LogP contribution in [0.25, 0.3) is 5.70 Å². The molecule has 2 saturated carbocycles. The predicted molar refractivity (Wildman–Crippen MR) is 118 cm³/mol. The minimum atomic E-state index is -4.44. The maximum absolute atomic E-state index is 13.1. The first-order valence-corrected chi connectivity index (χ1v) is 13.5. The van der Waals surface area contributed by atoms with Gasteiger partial charge >= 0.3 is 6.18 Å². The second-order valence-corrected chi connectivity index (χ2v) is 12.5. The number of aromatic nitrogens is 2. The van der Waals surface area contributed by atoms with Gasteiger partial charge in [-0.1, -0.05) is 31.6 Å². The molecule has 0 aliphatic heterocycles. The summed E-state index contributed by atoms with van der Waals surface area (Å²) in [6.07, 6.45) is 9.26. The Morgan fingerprint density at radius 1 is 1.09 bits per heavy atom. The highest BCUT2D eigenvalue weighted by molar-refractivity contribution is 7.86. The average molecular weight is 485 g/mol. The third-order valence-corrected chi connectivity index (χ3v) is 9.68.